The number of allylic oxidation sites excluding steroid dienone is 10. The molecule has 0 unspecified atom stereocenters. The third-order valence-electron chi connectivity index (χ3n) is 11.0. The van der Waals surface area contributed by atoms with Gasteiger partial charge in [-0.2, -0.15) is 0 Å². The monoisotopic (exact) mass is 853 g/mol. The summed E-state index contributed by atoms with van der Waals surface area (Å²) in [5, 5.41) is 0. The molecule has 0 aromatic carbocycles. The van der Waals surface area contributed by atoms with Crippen LogP contribution in [0.1, 0.15) is 252 Å². The molecule has 0 aliphatic rings. The first-order chi connectivity index (χ1) is 30.0. The quantitative estimate of drug-likeness (QED) is 0.0263. The summed E-state index contributed by atoms with van der Waals surface area (Å²) >= 11 is 0. The minimum atomic E-state index is -0.791. The first kappa shape index (κ1) is 58.1. The van der Waals surface area contributed by atoms with Gasteiger partial charge in [-0.15, -0.1) is 0 Å². The molecule has 0 bridgehead atoms. The maximum Gasteiger partial charge on any atom is 0.306 e. The van der Waals surface area contributed by atoms with Gasteiger partial charge in [0.25, 0.3) is 0 Å². The molecular formula is C55H96O6. The van der Waals surface area contributed by atoms with E-state index in [9.17, 15) is 14.4 Å². The van der Waals surface area contributed by atoms with Crippen molar-refractivity contribution < 1.29 is 28.6 Å². The summed E-state index contributed by atoms with van der Waals surface area (Å²) < 4.78 is 16.8. The summed E-state index contributed by atoms with van der Waals surface area (Å²) in [4.78, 5) is 37.9. The van der Waals surface area contributed by atoms with Crippen LogP contribution >= 0.6 is 0 Å². The highest BCUT2D eigenvalue weighted by molar-refractivity contribution is 5.71. The molecule has 0 saturated carbocycles. The summed E-state index contributed by atoms with van der Waals surface area (Å²) in [7, 11) is 0. The molecule has 0 aromatic rings. The minimum absolute atomic E-state index is 0.0900. The predicted octanol–water partition coefficient (Wildman–Crippen LogP) is 16.9. The Hall–Kier alpha value is -2.89. The number of carbonyl (C=O) groups is 3. The summed E-state index contributed by atoms with van der Waals surface area (Å²) in [5.41, 5.74) is 0. The van der Waals surface area contributed by atoms with Gasteiger partial charge in [-0.05, 0) is 83.5 Å². The Kier molecular flexibility index (Phi) is 47.4. The standard InChI is InChI=1S/C55H96O6/c1-4-7-10-13-16-19-22-25-27-30-33-36-39-42-45-48-54(57)60-51-52(50-59-53(56)47-44-41-38-35-32-29-24-21-18-15-12-9-6-3)61-55(58)49-46-43-40-37-34-31-28-26-23-20-17-14-11-8-5-2/h7,10,16,19,21,24-25,27,33,36,52H,4-6,8-9,11-15,17-18,20,22-23,26,28-32,34-35,37-51H2,1-3H3/b10-7-,19-16-,24-21-,27-25-,36-33-/t52-/m0/s1. The Morgan fingerprint density at radius 2 is 0.639 bits per heavy atom. The van der Waals surface area contributed by atoms with Crippen molar-refractivity contribution in [2.24, 2.45) is 0 Å². The largest absolute Gasteiger partial charge is 0.462 e. The van der Waals surface area contributed by atoms with Crippen molar-refractivity contribution >= 4 is 17.9 Å². The first-order valence-electron chi connectivity index (χ1n) is 25.8. The van der Waals surface area contributed by atoms with Crippen molar-refractivity contribution in [3.8, 4) is 0 Å². The van der Waals surface area contributed by atoms with Gasteiger partial charge in [0.1, 0.15) is 13.2 Å². The van der Waals surface area contributed by atoms with E-state index in [1.54, 1.807) is 0 Å². The molecule has 0 saturated heterocycles. The van der Waals surface area contributed by atoms with Crippen LogP contribution in [0.5, 0.6) is 0 Å². The molecule has 6 heteroatoms. The summed E-state index contributed by atoms with van der Waals surface area (Å²) in [5.74, 6) is -0.935. The number of carbonyl (C=O) groups excluding carboxylic acids is 3. The second-order valence-electron chi connectivity index (χ2n) is 17.1. The van der Waals surface area contributed by atoms with E-state index in [1.807, 2.05) is 0 Å². The van der Waals surface area contributed by atoms with Gasteiger partial charge in [-0.25, -0.2) is 0 Å². The zero-order valence-corrected chi connectivity index (χ0v) is 40.2. The fraction of sp³-hybridized carbons (Fsp3) is 0.764. The molecule has 0 heterocycles. The molecule has 352 valence electrons. The average Bonchev–Trinajstić information content (AvgIpc) is 3.26. The number of ether oxygens (including phenoxy) is 3. The SMILES string of the molecule is CC/C=C\C/C=C\C/C=C\C/C=C\CCCCC(=O)OC[C@H](COC(=O)CCCCCCC/C=C\CCCCCC)OC(=O)CCCCCCCCCCCCCCCCC. The van der Waals surface area contributed by atoms with E-state index >= 15 is 0 Å². The third kappa shape index (κ3) is 48.0. The lowest BCUT2D eigenvalue weighted by Gasteiger charge is -2.18. The molecule has 0 aliphatic carbocycles. The Balaban J connectivity index is 4.44. The molecule has 0 rings (SSSR count). The molecule has 0 aromatic heterocycles. The topological polar surface area (TPSA) is 78.9 Å². The third-order valence-corrected chi connectivity index (χ3v) is 11.0. The van der Waals surface area contributed by atoms with Gasteiger partial charge in [-0.3, -0.25) is 14.4 Å². The number of unbranched alkanes of at least 4 members (excludes halogenated alkanes) is 25. The van der Waals surface area contributed by atoms with Crippen LogP contribution in [0.2, 0.25) is 0 Å². The van der Waals surface area contributed by atoms with Gasteiger partial charge in [-0.1, -0.05) is 210 Å². The smallest absolute Gasteiger partial charge is 0.306 e. The Labute approximate surface area is 377 Å². The van der Waals surface area contributed by atoms with Gasteiger partial charge in [0.2, 0.25) is 0 Å². The molecule has 0 spiro atoms. The van der Waals surface area contributed by atoms with Crippen LogP contribution in [0.25, 0.3) is 0 Å². The van der Waals surface area contributed by atoms with Crippen LogP contribution in [-0.4, -0.2) is 37.2 Å². The van der Waals surface area contributed by atoms with Gasteiger partial charge in [0, 0.05) is 19.3 Å². The molecule has 6 nitrogen and oxygen atoms in total. The maximum absolute atomic E-state index is 12.8. The van der Waals surface area contributed by atoms with Crippen molar-refractivity contribution in [2.45, 2.75) is 258 Å². The molecule has 0 aliphatic heterocycles. The van der Waals surface area contributed by atoms with Crippen LogP contribution in [-0.2, 0) is 28.6 Å². The van der Waals surface area contributed by atoms with Crippen LogP contribution in [0.3, 0.4) is 0 Å². The van der Waals surface area contributed by atoms with Crippen molar-refractivity contribution in [1.82, 2.24) is 0 Å². The van der Waals surface area contributed by atoms with Crippen LogP contribution in [0.4, 0.5) is 0 Å². The Bertz CT molecular complexity index is 1120. The highest BCUT2D eigenvalue weighted by Gasteiger charge is 2.19. The van der Waals surface area contributed by atoms with Gasteiger partial charge in [0.05, 0.1) is 0 Å². The predicted molar refractivity (Wildman–Crippen MR) is 261 cm³/mol. The van der Waals surface area contributed by atoms with Crippen molar-refractivity contribution in [2.75, 3.05) is 13.2 Å². The molecule has 0 N–H and O–H groups in total. The van der Waals surface area contributed by atoms with Crippen LogP contribution in [0.15, 0.2) is 60.8 Å². The summed E-state index contributed by atoms with van der Waals surface area (Å²) in [6.45, 7) is 6.48. The normalized spacial score (nSPS) is 12.5. The number of hydrogen-bond acceptors (Lipinski definition) is 6. The van der Waals surface area contributed by atoms with Gasteiger partial charge < -0.3 is 14.2 Å². The average molecular weight is 853 g/mol. The molecule has 0 amide bonds. The van der Waals surface area contributed by atoms with E-state index in [1.165, 1.54) is 122 Å². The second kappa shape index (κ2) is 49.8. The Morgan fingerprint density at radius 1 is 0.344 bits per heavy atom. The minimum Gasteiger partial charge on any atom is -0.462 e. The van der Waals surface area contributed by atoms with E-state index in [-0.39, 0.29) is 31.1 Å². The number of hydrogen-bond donors (Lipinski definition) is 0. The number of esters is 3. The molecule has 61 heavy (non-hydrogen) atoms. The van der Waals surface area contributed by atoms with Crippen LogP contribution in [0, 0.1) is 0 Å². The first-order valence-corrected chi connectivity index (χ1v) is 25.8. The van der Waals surface area contributed by atoms with E-state index in [2.05, 4.69) is 81.5 Å². The molecular weight excluding hydrogens is 757 g/mol. The van der Waals surface area contributed by atoms with E-state index in [4.69, 9.17) is 14.2 Å². The molecule has 0 fully saturated rings. The maximum atomic E-state index is 12.8. The lowest BCUT2D eigenvalue weighted by atomic mass is 10.0. The lowest BCUT2D eigenvalue weighted by Crippen LogP contribution is -2.30. The number of rotatable bonds is 46. The Morgan fingerprint density at radius 3 is 1.07 bits per heavy atom. The van der Waals surface area contributed by atoms with E-state index in [0.717, 1.165) is 89.9 Å². The zero-order valence-electron chi connectivity index (χ0n) is 40.2. The fourth-order valence-corrected chi connectivity index (χ4v) is 7.13. The summed E-state index contributed by atoms with van der Waals surface area (Å²) in [6, 6.07) is 0. The fourth-order valence-electron chi connectivity index (χ4n) is 7.13. The van der Waals surface area contributed by atoms with Crippen molar-refractivity contribution in [3.05, 3.63) is 60.8 Å². The van der Waals surface area contributed by atoms with E-state index in [0.29, 0.717) is 19.3 Å². The van der Waals surface area contributed by atoms with Gasteiger partial charge in [0.15, 0.2) is 6.10 Å². The zero-order chi connectivity index (χ0) is 44.4. The highest BCUT2D eigenvalue weighted by Crippen LogP contribution is 2.15. The van der Waals surface area contributed by atoms with Crippen molar-refractivity contribution in [3.63, 3.8) is 0 Å². The van der Waals surface area contributed by atoms with Crippen LogP contribution < -0.4 is 0 Å². The second-order valence-corrected chi connectivity index (χ2v) is 17.1. The molecule has 1 atom stereocenters. The van der Waals surface area contributed by atoms with Gasteiger partial charge >= 0.3 is 17.9 Å². The molecule has 0 radical (unpaired) electrons. The van der Waals surface area contributed by atoms with Crippen molar-refractivity contribution in [1.29, 1.82) is 0 Å². The summed E-state index contributed by atoms with van der Waals surface area (Å²) in [6.07, 6.45) is 60.6. The lowest BCUT2D eigenvalue weighted by molar-refractivity contribution is -0.167. The van der Waals surface area contributed by atoms with E-state index < -0.39 is 6.10 Å². The highest BCUT2D eigenvalue weighted by atomic mass is 16.6.